The first-order valence-corrected chi connectivity index (χ1v) is 7.73. The van der Waals surface area contributed by atoms with Crippen LogP contribution in [0.3, 0.4) is 0 Å². The number of likely N-dealkylation sites (tertiary alicyclic amines) is 1. The van der Waals surface area contributed by atoms with Gasteiger partial charge in [0, 0.05) is 44.6 Å². The number of pyridine rings is 1. The first-order chi connectivity index (χ1) is 11.0. The summed E-state index contributed by atoms with van der Waals surface area (Å²) in [6, 6.07) is 5.50. The van der Waals surface area contributed by atoms with Gasteiger partial charge in [-0.1, -0.05) is 6.07 Å². The molecule has 7 heteroatoms. The minimum Gasteiger partial charge on any atom is -0.347 e. The quantitative estimate of drug-likeness (QED) is 0.862. The molecule has 0 radical (unpaired) electrons. The van der Waals surface area contributed by atoms with E-state index in [1.165, 1.54) is 6.92 Å². The fourth-order valence-corrected chi connectivity index (χ4v) is 3.35. The minimum atomic E-state index is -0.218. The molecule has 7 nitrogen and oxygen atoms in total. The molecule has 23 heavy (non-hydrogen) atoms. The van der Waals surface area contributed by atoms with Crippen molar-refractivity contribution >= 4 is 23.5 Å². The summed E-state index contributed by atoms with van der Waals surface area (Å²) in [7, 11) is 0. The molecule has 122 valence electrons. The van der Waals surface area contributed by atoms with Gasteiger partial charge in [0.15, 0.2) is 0 Å². The van der Waals surface area contributed by atoms with Crippen LogP contribution in [-0.2, 0) is 14.4 Å². The summed E-state index contributed by atoms with van der Waals surface area (Å²) < 4.78 is 0. The van der Waals surface area contributed by atoms with Crippen molar-refractivity contribution < 1.29 is 14.4 Å². The van der Waals surface area contributed by atoms with Crippen molar-refractivity contribution in [3.05, 3.63) is 24.4 Å². The maximum atomic E-state index is 12.4. The molecule has 1 aromatic rings. The van der Waals surface area contributed by atoms with E-state index in [-0.39, 0.29) is 29.7 Å². The Bertz CT molecular complexity index is 633. The summed E-state index contributed by atoms with van der Waals surface area (Å²) >= 11 is 0. The Morgan fingerprint density at radius 3 is 2.87 bits per heavy atom. The lowest BCUT2D eigenvalue weighted by Gasteiger charge is -2.24. The Kier molecular flexibility index (Phi) is 4.02. The second kappa shape index (κ2) is 5.98. The van der Waals surface area contributed by atoms with Crippen LogP contribution in [-0.4, -0.2) is 53.8 Å². The van der Waals surface area contributed by atoms with E-state index in [0.29, 0.717) is 31.9 Å². The van der Waals surface area contributed by atoms with Gasteiger partial charge in [-0.15, -0.1) is 0 Å². The number of rotatable bonds is 3. The smallest absolute Gasteiger partial charge is 0.241 e. The zero-order valence-corrected chi connectivity index (χ0v) is 13.1. The van der Waals surface area contributed by atoms with Crippen LogP contribution >= 0.6 is 0 Å². The maximum Gasteiger partial charge on any atom is 0.241 e. The number of nitrogens with zero attached hydrogens (tertiary/aromatic N) is 3. The first-order valence-electron chi connectivity index (χ1n) is 7.73. The van der Waals surface area contributed by atoms with Crippen molar-refractivity contribution in [2.45, 2.75) is 19.8 Å². The number of hydrogen-bond acceptors (Lipinski definition) is 4. The molecule has 0 aromatic carbocycles. The van der Waals surface area contributed by atoms with E-state index in [4.69, 9.17) is 0 Å². The molecule has 2 saturated heterocycles. The van der Waals surface area contributed by atoms with Crippen LogP contribution in [0.1, 0.15) is 19.8 Å². The summed E-state index contributed by atoms with van der Waals surface area (Å²) in [5, 5.41) is 2.53. The van der Waals surface area contributed by atoms with Crippen molar-refractivity contribution in [2.75, 3.05) is 31.1 Å². The third-order valence-electron chi connectivity index (χ3n) is 4.53. The predicted molar refractivity (Wildman–Crippen MR) is 83.5 cm³/mol. The summed E-state index contributed by atoms with van der Waals surface area (Å²) in [5.41, 5.74) is -0.194. The van der Waals surface area contributed by atoms with Crippen molar-refractivity contribution in [3.63, 3.8) is 0 Å². The van der Waals surface area contributed by atoms with E-state index < -0.39 is 0 Å². The molecule has 1 spiro atoms. The molecule has 3 rings (SSSR count). The number of anilines is 1. The highest BCUT2D eigenvalue weighted by Gasteiger charge is 2.48. The van der Waals surface area contributed by atoms with Crippen LogP contribution in [0.4, 0.5) is 5.82 Å². The molecule has 2 aliphatic heterocycles. The standard InChI is InChI=1S/C16H20N4O3/c1-12(21)18-9-15(23)19-7-5-16(10-19)8-14(22)20(11-16)13-4-2-3-6-17-13/h2-4,6H,5,7-11H2,1H3,(H,18,21). The predicted octanol–water partition coefficient (Wildman–Crippen LogP) is 0.173. The topological polar surface area (TPSA) is 82.6 Å². The second-order valence-electron chi connectivity index (χ2n) is 6.32. The van der Waals surface area contributed by atoms with E-state index in [2.05, 4.69) is 10.3 Å². The van der Waals surface area contributed by atoms with E-state index in [0.717, 1.165) is 6.42 Å². The summed E-state index contributed by atoms with van der Waals surface area (Å²) in [5.74, 6) is 0.405. The van der Waals surface area contributed by atoms with Gasteiger partial charge in [-0.2, -0.15) is 0 Å². The molecular weight excluding hydrogens is 296 g/mol. The molecule has 0 aliphatic carbocycles. The lowest BCUT2D eigenvalue weighted by molar-refractivity contribution is -0.132. The highest BCUT2D eigenvalue weighted by atomic mass is 16.2. The highest BCUT2D eigenvalue weighted by Crippen LogP contribution is 2.41. The van der Waals surface area contributed by atoms with Gasteiger partial charge in [-0.3, -0.25) is 19.3 Å². The molecule has 0 bridgehead atoms. The van der Waals surface area contributed by atoms with Crippen LogP contribution in [0.5, 0.6) is 0 Å². The van der Waals surface area contributed by atoms with Gasteiger partial charge in [0.25, 0.3) is 0 Å². The van der Waals surface area contributed by atoms with Crippen LogP contribution < -0.4 is 10.2 Å². The Morgan fingerprint density at radius 1 is 1.35 bits per heavy atom. The zero-order valence-electron chi connectivity index (χ0n) is 13.1. The maximum absolute atomic E-state index is 12.4. The minimum absolute atomic E-state index is 0.0172. The number of hydrogen-bond donors (Lipinski definition) is 1. The van der Waals surface area contributed by atoms with Gasteiger partial charge in [-0.05, 0) is 18.6 Å². The van der Waals surface area contributed by atoms with Crippen molar-refractivity contribution in [1.82, 2.24) is 15.2 Å². The number of carbonyl (C=O) groups is 3. The van der Waals surface area contributed by atoms with E-state index in [1.807, 2.05) is 18.2 Å². The van der Waals surface area contributed by atoms with Gasteiger partial charge >= 0.3 is 0 Å². The molecule has 1 atom stereocenters. The van der Waals surface area contributed by atoms with Crippen molar-refractivity contribution in [1.29, 1.82) is 0 Å². The van der Waals surface area contributed by atoms with E-state index in [1.54, 1.807) is 16.0 Å². The Labute approximate surface area is 134 Å². The Morgan fingerprint density at radius 2 is 2.17 bits per heavy atom. The molecule has 0 saturated carbocycles. The van der Waals surface area contributed by atoms with Crippen LogP contribution in [0.15, 0.2) is 24.4 Å². The Balaban J connectivity index is 1.65. The fourth-order valence-electron chi connectivity index (χ4n) is 3.35. The Hall–Kier alpha value is -2.44. The van der Waals surface area contributed by atoms with Crippen molar-refractivity contribution in [2.24, 2.45) is 5.41 Å². The average Bonchev–Trinajstić information content (AvgIpc) is 3.09. The summed E-state index contributed by atoms with van der Waals surface area (Å²) in [6.45, 7) is 3.18. The van der Waals surface area contributed by atoms with Crippen LogP contribution in [0.2, 0.25) is 0 Å². The largest absolute Gasteiger partial charge is 0.347 e. The summed E-state index contributed by atoms with van der Waals surface area (Å²) in [6.07, 6.45) is 2.91. The molecule has 2 fully saturated rings. The third kappa shape index (κ3) is 3.18. The second-order valence-corrected chi connectivity index (χ2v) is 6.32. The van der Waals surface area contributed by atoms with Crippen LogP contribution in [0.25, 0.3) is 0 Å². The van der Waals surface area contributed by atoms with Crippen LogP contribution in [0, 0.1) is 5.41 Å². The molecule has 1 aromatic heterocycles. The number of nitrogens with one attached hydrogen (secondary N) is 1. The number of aromatic nitrogens is 1. The lowest BCUT2D eigenvalue weighted by Crippen LogP contribution is -2.40. The molecular formula is C16H20N4O3. The van der Waals surface area contributed by atoms with Crippen molar-refractivity contribution in [3.8, 4) is 0 Å². The zero-order chi connectivity index (χ0) is 16.4. The molecule has 3 amide bonds. The number of carbonyl (C=O) groups excluding carboxylic acids is 3. The molecule has 1 unspecified atom stereocenters. The molecule has 1 N–H and O–H groups in total. The third-order valence-corrected chi connectivity index (χ3v) is 4.53. The molecule has 2 aliphatic rings. The molecule has 3 heterocycles. The van der Waals surface area contributed by atoms with E-state index in [9.17, 15) is 14.4 Å². The fraction of sp³-hybridized carbons (Fsp3) is 0.500. The lowest BCUT2D eigenvalue weighted by atomic mass is 9.86. The van der Waals surface area contributed by atoms with Gasteiger partial charge in [-0.25, -0.2) is 4.98 Å². The van der Waals surface area contributed by atoms with E-state index >= 15 is 0 Å². The average molecular weight is 316 g/mol. The first kappa shape index (κ1) is 15.5. The summed E-state index contributed by atoms with van der Waals surface area (Å²) in [4.78, 5) is 43.1. The van der Waals surface area contributed by atoms with Gasteiger partial charge in [0.1, 0.15) is 5.82 Å². The monoisotopic (exact) mass is 316 g/mol. The van der Waals surface area contributed by atoms with Gasteiger partial charge < -0.3 is 10.2 Å². The van der Waals surface area contributed by atoms with Gasteiger partial charge in [0.2, 0.25) is 17.7 Å². The number of amides is 3. The normalized spacial score (nSPS) is 23.6. The SMILES string of the molecule is CC(=O)NCC(=O)N1CCC2(CC(=O)N(c3ccccn3)C2)C1. The highest BCUT2D eigenvalue weighted by molar-refractivity contribution is 5.95. The van der Waals surface area contributed by atoms with Gasteiger partial charge in [0.05, 0.1) is 6.54 Å².